The van der Waals surface area contributed by atoms with E-state index in [0.29, 0.717) is 22.7 Å². The van der Waals surface area contributed by atoms with Gasteiger partial charge in [0.2, 0.25) is 10.0 Å². The molecule has 1 amide bonds. The summed E-state index contributed by atoms with van der Waals surface area (Å²) >= 11 is 0. The number of carbonyl (C=O) groups excluding carboxylic acids is 2. The van der Waals surface area contributed by atoms with E-state index < -0.39 is 15.9 Å². The van der Waals surface area contributed by atoms with E-state index in [4.69, 9.17) is 4.74 Å². The minimum Gasteiger partial charge on any atom is -0.484 e. The van der Waals surface area contributed by atoms with Crippen molar-refractivity contribution in [2.45, 2.75) is 11.8 Å². The number of ether oxygens (including phenoxy) is 1. The maximum atomic E-state index is 12.4. The number of nitrogens with zero attached hydrogens (tertiary/aromatic N) is 2. The van der Waals surface area contributed by atoms with Gasteiger partial charge < -0.3 is 15.0 Å². The first-order valence-electron chi connectivity index (χ1n) is 8.80. The highest BCUT2D eigenvalue weighted by molar-refractivity contribution is 7.89. The van der Waals surface area contributed by atoms with Crippen molar-refractivity contribution >= 4 is 33.1 Å². The smallest absolute Gasteiger partial charge is 0.262 e. The lowest BCUT2D eigenvalue weighted by Crippen LogP contribution is -2.24. The quantitative estimate of drug-likeness (QED) is 0.659. The number of nitrogens with one attached hydrogen (secondary N) is 1. The average molecular weight is 420 g/mol. The molecule has 29 heavy (non-hydrogen) atoms. The Morgan fingerprint density at radius 3 is 2.14 bits per heavy atom. The lowest BCUT2D eigenvalue weighted by molar-refractivity contribution is -0.118. The number of anilines is 2. The van der Waals surface area contributed by atoms with Crippen LogP contribution in [0.2, 0.25) is 0 Å². The van der Waals surface area contributed by atoms with Crippen LogP contribution in [0.15, 0.2) is 47.4 Å². The zero-order valence-corrected chi connectivity index (χ0v) is 17.9. The number of Topliss-reactive ketones (excluding diaryl/α,β-unsaturated/α-hetero) is 1. The number of amides is 1. The third-order valence-electron chi connectivity index (χ3n) is 4.13. The van der Waals surface area contributed by atoms with Crippen LogP contribution in [-0.2, 0) is 14.8 Å². The van der Waals surface area contributed by atoms with Gasteiger partial charge in [-0.3, -0.25) is 9.59 Å². The summed E-state index contributed by atoms with van der Waals surface area (Å²) in [5.74, 6) is -0.0527. The first-order chi connectivity index (χ1) is 13.5. The van der Waals surface area contributed by atoms with E-state index in [1.807, 2.05) is 0 Å². The van der Waals surface area contributed by atoms with Crippen LogP contribution in [0, 0.1) is 0 Å². The zero-order chi connectivity index (χ0) is 21.8. The minimum atomic E-state index is -3.64. The van der Waals surface area contributed by atoms with Gasteiger partial charge in [0.1, 0.15) is 5.75 Å². The Hall–Kier alpha value is -2.91. The SMILES string of the molecule is CC(=O)c1ccc(OCC(=O)Nc2cc(S(=O)(=O)N(C)C)ccc2N(C)C)cc1. The fraction of sp³-hybridized carbons (Fsp3) is 0.300. The Bertz CT molecular complexity index is 999. The first kappa shape index (κ1) is 22.4. The van der Waals surface area contributed by atoms with E-state index in [-0.39, 0.29) is 17.3 Å². The molecule has 2 rings (SSSR count). The van der Waals surface area contributed by atoms with Crippen LogP contribution in [0.25, 0.3) is 0 Å². The topological polar surface area (TPSA) is 96.0 Å². The third-order valence-corrected chi connectivity index (χ3v) is 5.94. The molecule has 0 unspecified atom stereocenters. The van der Waals surface area contributed by atoms with Gasteiger partial charge in [-0.05, 0) is 49.4 Å². The summed E-state index contributed by atoms with van der Waals surface area (Å²) in [7, 11) is 2.83. The van der Waals surface area contributed by atoms with Gasteiger partial charge in [-0.1, -0.05) is 0 Å². The normalized spacial score (nSPS) is 11.2. The molecule has 2 aromatic carbocycles. The molecule has 0 bridgehead atoms. The lowest BCUT2D eigenvalue weighted by atomic mass is 10.1. The molecule has 0 aliphatic heterocycles. The Morgan fingerprint density at radius 2 is 1.62 bits per heavy atom. The number of sulfonamides is 1. The fourth-order valence-electron chi connectivity index (χ4n) is 2.50. The zero-order valence-electron chi connectivity index (χ0n) is 17.1. The Morgan fingerprint density at radius 1 is 1.00 bits per heavy atom. The van der Waals surface area contributed by atoms with Crippen molar-refractivity contribution in [3.05, 3.63) is 48.0 Å². The highest BCUT2D eigenvalue weighted by Crippen LogP contribution is 2.28. The highest BCUT2D eigenvalue weighted by atomic mass is 32.2. The standard InChI is InChI=1S/C20H25N3O5S/c1-14(24)15-6-8-16(9-7-15)28-13-20(25)21-18-12-17(29(26,27)23(4)5)10-11-19(18)22(2)3/h6-12H,13H2,1-5H3,(H,21,25). The molecular formula is C20H25N3O5S. The van der Waals surface area contributed by atoms with Gasteiger partial charge in [0.15, 0.2) is 12.4 Å². The maximum absolute atomic E-state index is 12.4. The molecule has 2 aromatic rings. The summed E-state index contributed by atoms with van der Waals surface area (Å²) < 4.78 is 31.3. The van der Waals surface area contributed by atoms with Crippen molar-refractivity contribution in [3.8, 4) is 5.75 Å². The molecular weight excluding hydrogens is 394 g/mol. The van der Waals surface area contributed by atoms with Crippen molar-refractivity contribution in [2.75, 3.05) is 45.0 Å². The van der Waals surface area contributed by atoms with Gasteiger partial charge in [-0.2, -0.15) is 0 Å². The molecule has 8 nitrogen and oxygen atoms in total. The summed E-state index contributed by atoms with van der Waals surface area (Å²) in [6.45, 7) is 1.20. The second-order valence-electron chi connectivity index (χ2n) is 6.78. The van der Waals surface area contributed by atoms with Crippen molar-refractivity contribution < 1.29 is 22.7 Å². The predicted octanol–water partition coefficient (Wildman–Crippen LogP) is 2.22. The lowest BCUT2D eigenvalue weighted by Gasteiger charge is -2.20. The Balaban J connectivity index is 2.16. The number of rotatable bonds is 8. The maximum Gasteiger partial charge on any atom is 0.262 e. The van der Waals surface area contributed by atoms with Crippen molar-refractivity contribution in [1.29, 1.82) is 0 Å². The summed E-state index contributed by atoms with van der Waals surface area (Å²) in [5, 5.41) is 2.70. The summed E-state index contributed by atoms with van der Waals surface area (Å²) in [6, 6.07) is 11.0. The van der Waals surface area contributed by atoms with Crippen molar-refractivity contribution in [3.63, 3.8) is 0 Å². The predicted molar refractivity (Wildman–Crippen MR) is 112 cm³/mol. The van der Waals surface area contributed by atoms with Crippen LogP contribution in [0.4, 0.5) is 11.4 Å². The van der Waals surface area contributed by atoms with Gasteiger partial charge >= 0.3 is 0 Å². The van der Waals surface area contributed by atoms with Crippen molar-refractivity contribution in [1.82, 2.24) is 4.31 Å². The van der Waals surface area contributed by atoms with Gasteiger partial charge in [0.05, 0.1) is 16.3 Å². The summed E-state index contributed by atoms with van der Waals surface area (Å²) in [4.78, 5) is 25.5. The van der Waals surface area contributed by atoms with Crippen LogP contribution in [0.1, 0.15) is 17.3 Å². The Kier molecular flexibility index (Phi) is 6.99. The van der Waals surface area contributed by atoms with E-state index in [9.17, 15) is 18.0 Å². The molecule has 0 fully saturated rings. The summed E-state index contributed by atoms with van der Waals surface area (Å²) in [5.41, 5.74) is 1.57. The van der Waals surface area contributed by atoms with E-state index >= 15 is 0 Å². The molecule has 0 radical (unpaired) electrons. The molecule has 0 aromatic heterocycles. The second-order valence-corrected chi connectivity index (χ2v) is 8.93. The van der Waals surface area contributed by atoms with Crippen LogP contribution in [-0.4, -0.2) is 59.2 Å². The second kappa shape index (κ2) is 9.06. The minimum absolute atomic E-state index is 0.0573. The van der Waals surface area contributed by atoms with Gasteiger partial charge in [-0.25, -0.2) is 12.7 Å². The van der Waals surface area contributed by atoms with Crippen LogP contribution >= 0.6 is 0 Å². The van der Waals surface area contributed by atoms with Crippen LogP contribution in [0.5, 0.6) is 5.75 Å². The molecule has 0 saturated heterocycles. The molecule has 9 heteroatoms. The molecule has 156 valence electrons. The van der Waals surface area contributed by atoms with Gasteiger partial charge in [0, 0.05) is 33.8 Å². The molecule has 1 N–H and O–H groups in total. The number of hydrogen-bond donors (Lipinski definition) is 1. The number of benzene rings is 2. The van der Waals surface area contributed by atoms with Crippen molar-refractivity contribution in [2.24, 2.45) is 0 Å². The monoisotopic (exact) mass is 419 g/mol. The summed E-state index contributed by atoms with van der Waals surface area (Å²) in [6.07, 6.45) is 0. The van der Waals surface area contributed by atoms with Crippen LogP contribution < -0.4 is 15.0 Å². The number of ketones is 1. The number of carbonyl (C=O) groups is 2. The van der Waals surface area contributed by atoms with E-state index in [1.54, 1.807) is 49.3 Å². The van der Waals surface area contributed by atoms with E-state index in [2.05, 4.69) is 5.32 Å². The molecule has 0 heterocycles. The van der Waals surface area contributed by atoms with E-state index in [0.717, 1.165) is 4.31 Å². The van der Waals surface area contributed by atoms with Gasteiger partial charge in [-0.15, -0.1) is 0 Å². The van der Waals surface area contributed by atoms with Gasteiger partial charge in [0.25, 0.3) is 5.91 Å². The molecule has 0 spiro atoms. The molecule has 0 aliphatic rings. The molecule has 0 atom stereocenters. The van der Waals surface area contributed by atoms with E-state index in [1.165, 1.54) is 33.2 Å². The largest absolute Gasteiger partial charge is 0.484 e. The highest BCUT2D eigenvalue weighted by Gasteiger charge is 2.20. The average Bonchev–Trinajstić information content (AvgIpc) is 2.66. The fourth-order valence-corrected chi connectivity index (χ4v) is 3.43. The Labute approximate surface area is 171 Å². The molecule has 0 aliphatic carbocycles. The first-order valence-corrected chi connectivity index (χ1v) is 10.2. The number of hydrogen-bond acceptors (Lipinski definition) is 6. The molecule has 0 saturated carbocycles. The third kappa shape index (κ3) is 5.55. The van der Waals surface area contributed by atoms with Crippen LogP contribution in [0.3, 0.4) is 0 Å².